The van der Waals surface area contributed by atoms with Gasteiger partial charge in [0.2, 0.25) is 0 Å². The molecule has 1 heterocycles. The zero-order valence-corrected chi connectivity index (χ0v) is 16.2. The van der Waals surface area contributed by atoms with Gasteiger partial charge in [-0.05, 0) is 42.3 Å². The fourth-order valence-corrected chi connectivity index (χ4v) is 3.37. The van der Waals surface area contributed by atoms with Crippen LogP contribution in [-0.2, 0) is 0 Å². The van der Waals surface area contributed by atoms with E-state index in [0.29, 0.717) is 11.3 Å². The highest BCUT2D eigenvalue weighted by atomic mass is 19.1. The number of nitrogens with one attached hydrogen (secondary N) is 1. The molecule has 6 heteroatoms. The summed E-state index contributed by atoms with van der Waals surface area (Å²) in [5.74, 6) is -1.13. The molecule has 4 rings (SSSR count). The quantitative estimate of drug-likeness (QED) is 0.511. The van der Waals surface area contributed by atoms with E-state index in [1.54, 1.807) is 37.3 Å². The molecule has 0 saturated carbocycles. The topological polar surface area (TPSA) is 46.9 Å². The lowest BCUT2D eigenvalue weighted by Gasteiger charge is -2.20. The van der Waals surface area contributed by atoms with Crippen molar-refractivity contribution in [1.29, 1.82) is 0 Å². The second-order valence-corrected chi connectivity index (χ2v) is 6.88. The van der Waals surface area contributed by atoms with Crippen LogP contribution < -0.4 is 5.32 Å². The summed E-state index contributed by atoms with van der Waals surface area (Å²) in [7, 11) is 0. The first-order valence-electron chi connectivity index (χ1n) is 9.45. The Morgan fingerprint density at radius 1 is 0.900 bits per heavy atom. The maximum Gasteiger partial charge on any atom is 0.255 e. The lowest BCUT2D eigenvalue weighted by molar-refractivity contribution is 0.0942. The highest BCUT2D eigenvalue weighted by molar-refractivity contribution is 5.95. The number of hydrogen-bond donors (Lipinski definition) is 1. The first kappa shape index (κ1) is 19.5. The molecular formula is C24H19F2N3O. The number of rotatable bonds is 5. The van der Waals surface area contributed by atoms with Crippen LogP contribution in [0, 0.1) is 18.6 Å². The third kappa shape index (κ3) is 3.85. The van der Waals surface area contributed by atoms with Crippen LogP contribution in [-0.4, -0.2) is 15.7 Å². The number of amides is 1. The maximum atomic E-state index is 14.2. The normalized spacial score (nSPS) is 11.8. The summed E-state index contributed by atoms with van der Waals surface area (Å²) in [5.41, 5.74) is 2.73. The molecule has 30 heavy (non-hydrogen) atoms. The molecule has 1 unspecified atom stereocenters. The average molecular weight is 403 g/mol. The molecule has 3 aromatic carbocycles. The Labute approximate surface area is 172 Å². The number of halogens is 2. The van der Waals surface area contributed by atoms with E-state index in [2.05, 4.69) is 10.4 Å². The van der Waals surface area contributed by atoms with Crippen molar-refractivity contribution in [3.05, 3.63) is 119 Å². The zero-order valence-electron chi connectivity index (χ0n) is 16.2. The van der Waals surface area contributed by atoms with Gasteiger partial charge in [-0.2, -0.15) is 5.10 Å². The predicted octanol–water partition coefficient (Wildman–Crippen LogP) is 4.98. The minimum absolute atomic E-state index is 0.271. The molecule has 0 fully saturated rings. The number of aromatic nitrogens is 2. The molecule has 0 radical (unpaired) electrons. The number of carbonyl (C=O) groups is 1. The highest BCUT2D eigenvalue weighted by Gasteiger charge is 2.22. The van der Waals surface area contributed by atoms with Gasteiger partial charge in [0.25, 0.3) is 5.91 Å². The van der Waals surface area contributed by atoms with Crippen molar-refractivity contribution in [2.45, 2.75) is 13.0 Å². The summed E-state index contributed by atoms with van der Waals surface area (Å²) in [4.78, 5) is 13.1. The predicted molar refractivity (Wildman–Crippen MR) is 110 cm³/mol. The molecule has 0 aliphatic carbocycles. The molecule has 0 spiro atoms. The molecule has 1 N–H and O–H groups in total. The van der Waals surface area contributed by atoms with Crippen molar-refractivity contribution < 1.29 is 13.6 Å². The molecule has 1 amide bonds. The van der Waals surface area contributed by atoms with Gasteiger partial charge in [-0.1, -0.05) is 54.6 Å². The fraction of sp³-hybridized carbons (Fsp3) is 0.0833. The van der Waals surface area contributed by atoms with Gasteiger partial charge in [-0.15, -0.1) is 0 Å². The van der Waals surface area contributed by atoms with Crippen molar-refractivity contribution >= 4 is 5.91 Å². The second-order valence-electron chi connectivity index (χ2n) is 6.88. The molecule has 0 aliphatic rings. The van der Waals surface area contributed by atoms with Gasteiger partial charge >= 0.3 is 0 Å². The van der Waals surface area contributed by atoms with E-state index in [-0.39, 0.29) is 17.4 Å². The maximum absolute atomic E-state index is 14.2. The Kier molecular flexibility index (Phi) is 5.39. The molecule has 1 aromatic heterocycles. The minimum Gasteiger partial charge on any atom is -0.341 e. The van der Waals surface area contributed by atoms with Gasteiger partial charge < -0.3 is 5.32 Å². The Morgan fingerprint density at radius 2 is 1.53 bits per heavy atom. The van der Waals surface area contributed by atoms with Gasteiger partial charge in [-0.25, -0.2) is 13.5 Å². The zero-order chi connectivity index (χ0) is 21.1. The van der Waals surface area contributed by atoms with Crippen LogP contribution in [0.5, 0.6) is 0 Å². The standard InChI is InChI=1S/C24H19F2N3O/c1-16-20(15-27-29(16)22-10-6-5-9-21(22)26)24(30)28-23(17-7-3-2-4-8-17)18-11-13-19(25)14-12-18/h2-15,23H,1H3,(H,28,30). The molecule has 0 bridgehead atoms. The Hall–Kier alpha value is -3.80. The number of hydrogen-bond acceptors (Lipinski definition) is 2. The summed E-state index contributed by atoms with van der Waals surface area (Å²) in [5, 5.41) is 7.20. The average Bonchev–Trinajstić information content (AvgIpc) is 3.15. The van der Waals surface area contributed by atoms with Crippen molar-refractivity contribution in [3.8, 4) is 5.69 Å². The number of para-hydroxylation sites is 1. The van der Waals surface area contributed by atoms with Gasteiger partial charge in [0, 0.05) is 0 Å². The van der Waals surface area contributed by atoms with E-state index in [1.165, 1.54) is 29.1 Å². The molecule has 0 saturated heterocycles. The molecular weight excluding hydrogens is 384 g/mol. The monoisotopic (exact) mass is 403 g/mol. The fourth-order valence-electron chi connectivity index (χ4n) is 3.37. The first-order chi connectivity index (χ1) is 14.5. The highest BCUT2D eigenvalue weighted by Crippen LogP contribution is 2.24. The molecule has 4 aromatic rings. The van der Waals surface area contributed by atoms with Crippen molar-refractivity contribution in [1.82, 2.24) is 15.1 Å². The van der Waals surface area contributed by atoms with Crippen LogP contribution in [0.4, 0.5) is 8.78 Å². The lowest BCUT2D eigenvalue weighted by atomic mass is 9.98. The van der Waals surface area contributed by atoms with Crippen molar-refractivity contribution in [2.75, 3.05) is 0 Å². The lowest BCUT2D eigenvalue weighted by Crippen LogP contribution is -2.29. The van der Waals surface area contributed by atoms with Gasteiger partial charge in [0.05, 0.1) is 23.5 Å². The number of carbonyl (C=O) groups excluding carboxylic acids is 1. The van der Waals surface area contributed by atoms with Crippen LogP contribution in [0.15, 0.2) is 85.1 Å². The SMILES string of the molecule is Cc1c(C(=O)NC(c2ccccc2)c2ccc(F)cc2)cnn1-c1ccccc1F. The molecule has 150 valence electrons. The molecule has 0 aliphatic heterocycles. The third-order valence-corrected chi connectivity index (χ3v) is 4.95. The van der Waals surface area contributed by atoms with Crippen LogP contribution >= 0.6 is 0 Å². The van der Waals surface area contributed by atoms with Crippen LogP contribution in [0.3, 0.4) is 0 Å². The largest absolute Gasteiger partial charge is 0.341 e. The van der Waals surface area contributed by atoms with Crippen LogP contribution in [0.1, 0.15) is 33.2 Å². The Balaban J connectivity index is 1.67. The number of benzene rings is 3. The second kappa shape index (κ2) is 8.29. The first-order valence-corrected chi connectivity index (χ1v) is 9.45. The number of nitrogens with zero attached hydrogens (tertiary/aromatic N) is 2. The van der Waals surface area contributed by atoms with E-state index >= 15 is 0 Å². The van der Waals surface area contributed by atoms with Crippen LogP contribution in [0.2, 0.25) is 0 Å². The van der Waals surface area contributed by atoms with Crippen LogP contribution in [0.25, 0.3) is 5.69 Å². The minimum atomic E-state index is -0.476. The van der Waals surface area contributed by atoms with Gasteiger partial charge in [0.15, 0.2) is 0 Å². The molecule has 1 atom stereocenters. The summed E-state index contributed by atoms with van der Waals surface area (Å²) in [6, 6.07) is 21.2. The third-order valence-electron chi connectivity index (χ3n) is 4.95. The summed E-state index contributed by atoms with van der Waals surface area (Å²) < 4.78 is 29.0. The Morgan fingerprint density at radius 3 is 2.23 bits per heavy atom. The van der Waals surface area contributed by atoms with Crippen molar-refractivity contribution in [3.63, 3.8) is 0 Å². The van der Waals surface area contributed by atoms with E-state index < -0.39 is 11.9 Å². The summed E-state index contributed by atoms with van der Waals surface area (Å²) in [6.45, 7) is 1.71. The van der Waals surface area contributed by atoms with E-state index in [4.69, 9.17) is 0 Å². The summed E-state index contributed by atoms with van der Waals surface area (Å²) >= 11 is 0. The van der Waals surface area contributed by atoms with E-state index in [1.807, 2.05) is 30.3 Å². The van der Waals surface area contributed by atoms with Gasteiger partial charge in [-0.3, -0.25) is 4.79 Å². The summed E-state index contributed by atoms with van der Waals surface area (Å²) in [6.07, 6.45) is 1.42. The Bertz CT molecular complexity index is 1170. The van der Waals surface area contributed by atoms with E-state index in [9.17, 15) is 13.6 Å². The van der Waals surface area contributed by atoms with E-state index in [0.717, 1.165) is 11.1 Å². The van der Waals surface area contributed by atoms with Gasteiger partial charge in [0.1, 0.15) is 17.3 Å². The smallest absolute Gasteiger partial charge is 0.255 e. The molecule has 4 nitrogen and oxygen atoms in total. The van der Waals surface area contributed by atoms with Crippen molar-refractivity contribution in [2.24, 2.45) is 0 Å².